The number of hydrogen-bond donors (Lipinski definition) is 0. The molecule has 0 fully saturated rings. The summed E-state index contributed by atoms with van der Waals surface area (Å²) >= 11 is 0. The molecule has 0 N–H and O–H groups in total. The molecule has 190 valence electrons. The lowest BCUT2D eigenvalue weighted by atomic mass is 9.90. The average Bonchev–Trinajstić information content (AvgIpc) is 3.23. The summed E-state index contributed by atoms with van der Waals surface area (Å²) in [6.07, 6.45) is 0. The minimum absolute atomic E-state index is 0.130. The highest BCUT2D eigenvalue weighted by atomic mass is 28.4. The number of aromatic nitrogens is 1. The van der Waals surface area contributed by atoms with E-state index in [9.17, 15) is 4.39 Å². The summed E-state index contributed by atoms with van der Waals surface area (Å²) in [6, 6.07) is 25.2. The fourth-order valence-electron chi connectivity index (χ4n) is 4.08. The van der Waals surface area contributed by atoms with Gasteiger partial charge in [0.15, 0.2) is 8.32 Å². The van der Waals surface area contributed by atoms with Gasteiger partial charge in [0.2, 0.25) is 0 Å². The van der Waals surface area contributed by atoms with Crippen LogP contribution in [0.15, 0.2) is 78.9 Å². The fraction of sp³-hybridized carbons (Fsp3) is 0.355. The Labute approximate surface area is 216 Å². The molecule has 5 heteroatoms. The predicted octanol–water partition coefficient (Wildman–Crippen LogP) is 8.65. The summed E-state index contributed by atoms with van der Waals surface area (Å²) in [4.78, 5) is 0. The lowest BCUT2D eigenvalue weighted by Gasteiger charge is -2.39. The molecule has 0 amide bonds. The summed E-state index contributed by atoms with van der Waals surface area (Å²) in [7, 11) is -1.94. The van der Waals surface area contributed by atoms with Gasteiger partial charge in [0, 0.05) is 28.8 Å². The predicted molar refractivity (Wildman–Crippen MR) is 150 cm³/mol. The van der Waals surface area contributed by atoms with Crippen molar-refractivity contribution in [2.24, 2.45) is 0 Å². The summed E-state index contributed by atoms with van der Waals surface area (Å²) in [6.45, 7) is 16.9. The van der Waals surface area contributed by atoms with Crippen LogP contribution in [0.25, 0.3) is 16.6 Å². The molecular weight excluding hydrogens is 465 g/mol. The quantitative estimate of drug-likeness (QED) is 0.225. The normalized spacial score (nSPS) is 12.8. The number of ether oxygens (including phenoxy) is 1. The van der Waals surface area contributed by atoms with Crippen LogP contribution in [0.5, 0.6) is 5.75 Å². The van der Waals surface area contributed by atoms with Crippen molar-refractivity contribution in [3.05, 3.63) is 95.9 Å². The Hall–Kier alpha value is -2.89. The second-order valence-corrected chi connectivity index (χ2v) is 16.5. The molecule has 0 saturated carbocycles. The Morgan fingerprint density at radius 3 is 2.14 bits per heavy atom. The van der Waals surface area contributed by atoms with E-state index in [-0.39, 0.29) is 16.3 Å². The summed E-state index contributed by atoms with van der Waals surface area (Å²) in [5.41, 5.74) is 3.89. The Bertz CT molecular complexity index is 1320. The molecule has 0 aliphatic carbocycles. The molecule has 0 aliphatic heterocycles. The van der Waals surface area contributed by atoms with Gasteiger partial charge in [-0.15, -0.1) is 0 Å². The third kappa shape index (κ3) is 5.42. The zero-order chi connectivity index (χ0) is 26.1. The van der Waals surface area contributed by atoms with Gasteiger partial charge >= 0.3 is 0 Å². The molecule has 1 aromatic heterocycles. The van der Waals surface area contributed by atoms with Gasteiger partial charge in [0.1, 0.15) is 18.2 Å². The van der Waals surface area contributed by atoms with Crippen molar-refractivity contribution in [3.63, 3.8) is 0 Å². The van der Waals surface area contributed by atoms with Crippen LogP contribution in [0.2, 0.25) is 18.1 Å². The van der Waals surface area contributed by atoms with Gasteiger partial charge in [0.05, 0.1) is 5.52 Å². The van der Waals surface area contributed by atoms with Crippen molar-refractivity contribution in [1.29, 1.82) is 0 Å². The second kappa shape index (κ2) is 9.87. The monoisotopic (exact) mass is 503 g/mol. The largest absolute Gasteiger partial charge is 0.488 e. The molecule has 3 nitrogen and oxygen atoms in total. The Morgan fingerprint density at radius 1 is 0.833 bits per heavy atom. The van der Waals surface area contributed by atoms with Crippen LogP contribution < -0.4 is 4.74 Å². The molecule has 36 heavy (non-hydrogen) atoms. The Morgan fingerprint density at radius 2 is 1.50 bits per heavy atom. The van der Waals surface area contributed by atoms with Gasteiger partial charge < -0.3 is 13.7 Å². The molecule has 4 rings (SSSR count). The van der Waals surface area contributed by atoms with Crippen molar-refractivity contribution in [2.75, 3.05) is 6.61 Å². The zero-order valence-electron chi connectivity index (χ0n) is 22.6. The van der Waals surface area contributed by atoms with Crippen molar-refractivity contribution in [3.8, 4) is 11.4 Å². The van der Waals surface area contributed by atoms with E-state index < -0.39 is 8.32 Å². The van der Waals surface area contributed by atoms with Crippen molar-refractivity contribution in [1.82, 2.24) is 4.57 Å². The van der Waals surface area contributed by atoms with E-state index in [1.54, 1.807) is 0 Å². The van der Waals surface area contributed by atoms with E-state index in [0.717, 1.165) is 33.6 Å². The number of halogens is 1. The van der Waals surface area contributed by atoms with Gasteiger partial charge in [0.25, 0.3) is 0 Å². The summed E-state index contributed by atoms with van der Waals surface area (Å²) < 4.78 is 29.0. The third-order valence-electron chi connectivity index (χ3n) is 7.42. The molecule has 0 saturated heterocycles. The van der Waals surface area contributed by atoms with Gasteiger partial charge in [-0.2, -0.15) is 0 Å². The molecular formula is C31H38FNO2Si. The highest BCUT2D eigenvalue weighted by Gasteiger charge is 2.39. The van der Waals surface area contributed by atoms with Crippen LogP contribution in [-0.4, -0.2) is 19.5 Å². The SMILES string of the molecule is CC(C)(CO[Si](C)(C)C(C)(C)C)c1cc2c(OCc3ccccc3)cccc2n1-c1ccc(F)cc1. The Balaban J connectivity index is 1.78. The topological polar surface area (TPSA) is 23.4 Å². The number of hydrogen-bond acceptors (Lipinski definition) is 2. The first-order valence-electron chi connectivity index (χ1n) is 12.6. The Kier molecular flexibility index (Phi) is 7.18. The molecule has 3 aromatic carbocycles. The fourth-order valence-corrected chi connectivity index (χ4v) is 5.24. The smallest absolute Gasteiger partial charge is 0.192 e. The van der Waals surface area contributed by atoms with Crippen molar-refractivity contribution >= 4 is 19.2 Å². The van der Waals surface area contributed by atoms with Gasteiger partial charge in [-0.05, 0) is 66.2 Å². The lowest BCUT2D eigenvalue weighted by molar-refractivity contribution is 0.216. The number of fused-ring (bicyclic) bond motifs is 1. The highest BCUT2D eigenvalue weighted by molar-refractivity contribution is 6.74. The van der Waals surface area contributed by atoms with Crippen LogP contribution in [0.4, 0.5) is 4.39 Å². The van der Waals surface area contributed by atoms with E-state index in [0.29, 0.717) is 13.2 Å². The van der Waals surface area contributed by atoms with Crippen LogP contribution >= 0.6 is 0 Å². The number of benzene rings is 3. The van der Waals surface area contributed by atoms with Crippen LogP contribution in [0.1, 0.15) is 45.9 Å². The number of nitrogens with zero attached hydrogens (tertiary/aromatic N) is 1. The first-order chi connectivity index (χ1) is 16.9. The van der Waals surface area contributed by atoms with Crippen LogP contribution in [0.3, 0.4) is 0 Å². The molecule has 1 heterocycles. The van der Waals surface area contributed by atoms with E-state index in [4.69, 9.17) is 9.16 Å². The zero-order valence-corrected chi connectivity index (χ0v) is 23.6. The standard InChI is InChI=1S/C31H38FNO2Si/c1-30(2,3)36(6,7)35-22-31(4,5)29-20-26-27(33(29)25-18-16-24(32)17-19-25)14-11-15-28(26)34-21-23-12-9-8-10-13-23/h8-20H,21-22H2,1-7H3. The summed E-state index contributed by atoms with van der Waals surface area (Å²) in [5.74, 6) is 0.587. The molecule has 0 atom stereocenters. The van der Waals surface area contributed by atoms with Crippen LogP contribution in [0, 0.1) is 5.82 Å². The van der Waals surface area contributed by atoms with Gasteiger partial charge in [-0.1, -0.05) is 71.0 Å². The maximum absolute atomic E-state index is 13.8. The lowest BCUT2D eigenvalue weighted by Crippen LogP contribution is -2.44. The minimum atomic E-state index is -1.94. The molecule has 0 aliphatic rings. The first-order valence-corrected chi connectivity index (χ1v) is 15.5. The molecule has 0 bridgehead atoms. The van der Waals surface area contributed by atoms with E-state index in [1.807, 2.05) is 42.5 Å². The first kappa shape index (κ1) is 26.2. The highest BCUT2D eigenvalue weighted by Crippen LogP contribution is 2.40. The van der Waals surface area contributed by atoms with Crippen molar-refractivity contribution in [2.45, 2.75) is 64.8 Å². The van der Waals surface area contributed by atoms with E-state index in [2.05, 4.69) is 76.5 Å². The van der Waals surface area contributed by atoms with Gasteiger partial charge in [-0.25, -0.2) is 4.39 Å². The van der Waals surface area contributed by atoms with Crippen molar-refractivity contribution < 1.29 is 13.6 Å². The molecule has 0 spiro atoms. The summed E-state index contributed by atoms with van der Waals surface area (Å²) in [5, 5.41) is 1.17. The minimum Gasteiger partial charge on any atom is -0.488 e. The molecule has 4 aromatic rings. The average molecular weight is 504 g/mol. The number of rotatable bonds is 8. The second-order valence-electron chi connectivity index (χ2n) is 11.7. The van der Waals surface area contributed by atoms with E-state index >= 15 is 0 Å². The maximum atomic E-state index is 13.8. The molecule has 0 unspecified atom stereocenters. The molecule has 0 radical (unpaired) electrons. The van der Waals surface area contributed by atoms with Crippen LogP contribution in [-0.2, 0) is 16.4 Å². The van der Waals surface area contributed by atoms with Gasteiger partial charge in [-0.3, -0.25) is 0 Å². The van der Waals surface area contributed by atoms with E-state index in [1.165, 1.54) is 12.1 Å². The third-order valence-corrected chi connectivity index (χ3v) is 11.9. The maximum Gasteiger partial charge on any atom is 0.192 e.